The van der Waals surface area contributed by atoms with Crippen LogP contribution in [0.15, 0.2) is 18.2 Å². The fourth-order valence-corrected chi connectivity index (χ4v) is 1.12. The average molecular weight is 198 g/mol. The molecule has 0 heterocycles. The lowest BCUT2D eigenvalue weighted by molar-refractivity contribution is 0.242. The Balaban J connectivity index is 3.08. The molecule has 1 rings (SSSR count). The fourth-order valence-electron chi connectivity index (χ4n) is 1.12. The second-order valence-electron chi connectivity index (χ2n) is 3.19. The Hall–Kier alpha value is -1.07. The van der Waals surface area contributed by atoms with Gasteiger partial charge in [0.1, 0.15) is 11.6 Å². The van der Waals surface area contributed by atoms with Crippen LogP contribution >= 0.6 is 0 Å². The molecule has 0 unspecified atom stereocenters. The van der Waals surface area contributed by atoms with Crippen LogP contribution < -0.4 is 10.2 Å². The molecule has 0 saturated carbocycles. The molecule has 3 nitrogen and oxygen atoms in total. The summed E-state index contributed by atoms with van der Waals surface area (Å²) >= 11 is 0. The van der Waals surface area contributed by atoms with Crippen molar-refractivity contribution in [1.29, 1.82) is 0 Å². The minimum absolute atomic E-state index is 0.144. The lowest BCUT2D eigenvalue weighted by Crippen LogP contribution is -2.35. The van der Waals surface area contributed by atoms with Crippen molar-refractivity contribution in [3.8, 4) is 5.75 Å². The topological polar surface area (TPSA) is 49.7 Å². The van der Waals surface area contributed by atoms with E-state index < -0.39 is 12.9 Å². The van der Waals surface area contributed by atoms with Crippen LogP contribution in [0.2, 0.25) is 0 Å². The summed E-state index contributed by atoms with van der Waals surface area (Å²) in [6, 6.07) is 4.11. The number of hydrogen-bond acceptors (Lipinski definition) is 3. The van der Waals surface area contributed by atoms with Crippen molar-refractivity contribution < 1.29 is 19.2 Å². The number of benzene rings is 1. The van der Waals surface area contributed by atoms with E-state index in [4.69, 9.17) is 14.8 Å². The average Bonchev–Trinajstić information content (AvgIpc) is 2.01. The maximum Gasteiger partial charge on any atom is 0.495 e. The molecular weight excluding hydrogens is 186 g/mol. The predicted octanol–water partition coefficient (Wildman–Crippen LogP) is 0.293. The first-order valence-corrected chi connectivity index (χ1v) is 4.33. The first-order chi connectivity index (χ1) is 6.52. The first kappa shape index (κ1) is 11.0. The van der Waals surface area contributed by atoms with Crippen LogP contribution in [0.3, 0.4) is 0 Å². The molecule has 5 heteroatoms. The molecule has 1 aromatic rings. The molecular formula is C9H12BFO3. The van der Waals surface area contributed by atoms with Gasteiger partial charge in [0.2, 0.25) is 0 Å². The first-order valence-electron chi connectivity index (χ1n) is 4.33. The van der Waals surface area contributed by atoms with Gasteiger partial charge in [-0.05, 0) is 26.0 Å². The molecule has 0 spiro atoms. The maximum atomic E-state index is 13.2. The predicted molar refractivity (Wildman–Crippen MR) is 52.0 cm³/mol. The summed E-state index contributed by atoms with van der Waals surface area (Å²) in [5.74, 6) is -0.520. The quantitative estimate of drug-likeness (QED) is 0.686. The molecule has 0 saturated heterocycles. The van der Waals surface area contributed by atoms with Gasteiger partial charge >= 0.3 is 7.12 Å². The molecule has 0 atom stereocenters. The fraction of sp³-hybridized carbons (Fsp3) is 0.333. The molecule has 2 N–H and O–H groups in total. The molecule has 0 aliphatic rings. The van der Waals surface area contributed by atoms with E-state index in [0.29, 0.717) is 0 Å². The molecule has 14 heavy (non-hydrogen) atoms. The summed E-state index contributed by atoms with van der Waals surface area (Å²) in [4.78, 5) is 0. The Morgan fingerprint density at radius 1 is 1.36 bits per heavy atom. The van der Waals surface area contributed by atoms with Gasteiger partial charge in [0.15, 0.2) is 0 Å². The molecule has 0 aliphatic heterocycles. The van der Waals surface area contributed by atoms with E-state index in [0.717, 1.165) is 6.07 Å². The van der Waals surface area contributed by atoms with Crippen LogP contribution in [0.1, 0.15) is 13.8 Å². The van der Waals surface area contributed by atoms with E-state index in [-0.39, 0.29) is 17.3 Å². The molecule has 0 amide bonds. The van der Waals surface area contributed by atoms with Gasteiger partial charge in [0.25, 0.3) is 0 Å². The van der Waals surface area contributed by atoms with Gasteiger partial charge in [-0.2, -0.15) is 0 Å². The van der Waals surface area contributed by atoms with Gasteiger partial charge in [-0.1, -0.05) is 6.07 Å². The van der Waals surface area contributed by atoms with Crippen molar-refractivity contribution in [3.63, 3.8) is 0 Å². The van der Waals surface area contributed by atoms with Crippen LogP contribution in [0.5, 0.6) is 5.75 Å². The standard InChI is InChI=1S/C9H12BFO3/c1-6(2)14-8-5-3-4-7(11)9(8)10(12)13/h3-6,12-13H,1-2H3. The Bertz CT molecular complexity index is 315. The van der Waals surface area contributed by atoms with E-state index in [9.17, 15) is 4.39 Å². The lowest BCUT2D eigenvalue weighted by Gasteiger charge is -2.14. The summed E-state index contributed by atoms with van der Waals surface area (Å²) < 4.78 is 18.4. The Kier molecular flexibility index (Phi) is 3.49. The summed E-state index contributed by atoms with van der Waals surface area (Å²) in [7, 11) is -1.86. The van der Waals surface area contributed by atoms with Crippen LogP contribution in [0, 0.1) is 5.82 Å². The number of halogens is 1. The minimum atomic E-state index is -1.86. The van der Waals surface area contributed by atoms with Crippen LogP contribution in [-0.2, 0) is 0 Å². The molecule has 1 aromatic carbocycles. The van der Waals surface area contributed by atoms with E-state index in [1.807, 2.05) is 0 Å². The lowest BCUT2D eigenvalue weighted by atomic mass is 9.79. The minimum Gasteiger partial charge on any atom is -0.491 e. The second kappa shape index (κ2) is 4.44. The highest BCUT2D eigenvalue weighted by Crippen LogP contribution is 2.11. The number of rotatable bonds is 3. The zero-order valence-electron chi connectivity index (χ0n) is 8.07. The van der Waals surface area contributed by atoms with E-state index in [1.165, 1.54) is 12.1 Å². The third kappa shape index (κ3) is 2.46. The maximum absolute atomic E-state index is 13.2. The van der Waals surface area contributed by atoms with Crippen molar-refractivity contribution in [1.82, 2.24) is 0 Å². The van der Waals surface area contributed by atoms with Crippen LogP contribution in [0.4, 0.5) is 4.39 Å². The van der Waals surface area contributed by atoms with Gasteiger partial charge in [0, 0.05) is 0 Å². The molecule has 0 aliphatic carbocycles. The smallest absolute Gasteiger partial charge is 0.491 e. The van der Waals surface area contributed by atoms with Gasteiger partial charge in [0.05, 0.1) is 11.6 Å². The third-order valence-corrected chi connectivity index (χ3v) is 1.63. The number of hydrogen-bond donors (Lipinski definition) is 2. The normalized spacial score (nSPS) is 10.4. The van der Waals surface area contributed by atoms with Crippen LogP contribution in [0.25, 0.3) is 0 Å². The van der Waals surface area contributed by atoms with Crippen molar-refractivity contribution in [2.75, 3.05) is 0 Å². The Morgan fingerprint density at radius 3 is 2.50 bits per heavy atom. The van der Waals surface area contributed by atoms with Gasteiger partial charge in [-0.3, -0.25) is 0 Å². The van der Waals surface area contributed by atoms with Crippen molar-refractivity contribution in [2.45, 2.75) is 20.0 Å². The van der Waals surface area contributed by atoms with E-state index in [2.05, 4.69) is 0 Å². The van der Waals surface area contributed by atoms with Gasteiger partial charge < -0.3 is 14.8 Å². The van der Waals surface area contributed by atoms with Crippen LogP contribution in [-0.4, -0.2) is 23.3 Å². The van der Waals surface area contributed by atoms with Crippen molar-refractivity contribution in [2.24, 2.45) is 0 Å². The molecule has 76 valence electrons. The highest BCUT2D eigenvalue weighted by atomic mass is 19.1. The SMILES string of the molecule is CC(C)Oc1cccc(F)c1B(O)O. The zero-order valence-corrected chi connectivity index (χ0v) is 8.07. The van der Waals surface area contributed by atoms with E-state index >= 15 is 0 Å². The highest BCUT2D eigenvalue weighted by Gasteiger charge is 2.22. The van der Waals surface area contributed by atoms with E-state index in [1.54, 1.807) is 13.8 Å². The molecule has 0 aromatic heterocycles. The Morgan fingerprint density at radius 2 is 2.00 bits per heavy atom. The summed E-state index contributed by atoms with van der Waals surface area (Å²) in [5.41, 5.74) is -0.221. The summed E-state index contributed by atoms with van der Waals surface area (Å²) in [6.07, 6.45) is -0.144. The van der Waals surface area contributed by atoms with Crippen molar-refractivity contribution >= 4 is 12.6 Å². The highest BCUT2D eigenvalue weighted by molar-refractivity contribution is 6.59. The molecule has 0 radical (unpaired) electrons. The second-order valence-corrected chi connectivity index (χ2v) is 3.19. The molecule has 0 bridgehead atoms. The van der Waals surface area contributed by atoms with Gasteiger partial charge in [-0.15, -0.1) is 0 Å². The summed E-state index contributed by atoms with van der Waals surface area (Å²) in [5, 5.41) is 17.9. The monoisotopic (exact) mass is 198 g/mol. The van der Waals surface area contributed by atoms with Gasteiger partial charge in [-0.25, -0.2) is 4.39 Å². The largest absolute Gasteiger partial charge is 0.495 e. The third-order valence-electron chi connectivity index (χ3n) is 1.63. The summed E-state index contributed by atoms with van der Waals surface area (Å²) in [6.45, 7) is 3.55. The Labute approximate surface area is 82.3 Å². The molecule has 0 fully saturated rings. The number of ether oxygens (including phenoxy) is 1. The van der Waals surface area contributed by atoms with Crippen molar-refractivity contribution in [3.05, 3.63) is 24.0 Å². The zero-order chi connectivity index (χ0) is 10.7.